The number of likely N-dealkylation sites (tertiary alicyclic amines) is 1. The van der Waals surface area contributed by atoms with Crippen LogP contribution in [-0.2, 0) is 4.43 Å². The van der Waals surface area contributed by atoms with E-state index in [9.17, 15) is 0 Å². The van der Waals surface area contributed by atoms with Gasteiger partial charge in [0, 0.05) is 37.7 Å². The lowest BCUT2D eigenvalue weighted by molar-refractivity contribution is 0.177. The number of nitrogens with one attached hydrogen (secondary N) is 1. The highest BCUT2D eigenvalue weighted by Crippen LogP contribution is 2.38. The molecule has 0 unspecified atom stereocenters. The minimum atomic E-state index is -1.69. The van der Waals surface area contributed by atoms with Crippen molar-refractivity contribution in [2.75, 3.05) is 26.7 Å². The van der Waals surface area contributed by atoms with Crippen LogP contribution in [0.25, 0.3) is 0 Å². The van der Waals surface area contributed by atoms with Crippen LogP contribution in [0.3, 0.4) is 0 Å². The maximum absolute atomic E-state index is 6.64. The minimum Gasteiger partial charge on any atom is -0.413 e. The largest absolute Gasteiger partial charge is 0.413 e. The summed E-state index contributed by atoms with van der Waals surface area (Å²) in [6, 6.07) is 8.96. The predicted octanol–water partition coefficient (Wildman–Crippen LogP) is 5.03. The van der Waals surface area contributed by atoms with Gasteiger partial charge in [0.15, 0.2) is 8.32 Å². The molecule has 1 saturated heterocycles. The summed E-state index contributed by atoms with van der Waals surface area (Å²) in [5, 5.41) is 3.77. The van der Waals surface area contributed by atoms with Gasteiger partial charge in [0.1, 0.15) is 0 Å². The van der Waals surface area contributed by atoms with E-state index < -0.39 is 8.32 Å². The van der Waals surface area contributed by atoms with E-state index in [4.69, 9.17) is 4.43 Å². The Bertz CT molecular complexity index is 679. The van der Waals surface area contributed by atoms with Gasteiger partial charge >= 0.3 is 0 Å². The molecule has 0 aliphatic carbocycles. The first-order valence-electron chi connectivity index (χ1n) is 10.3. The van der Waals surface area contributed by atoms with Gasteiger partial charge in [-0.3, -0.25) is 4.90 Å². The van der Waals surface area contributed by atoms with Crippen molar-refractivity contribution in [2.24, 2.45) is 0 Å². The first-order valence-corrected chi connectivity index (χ1v) is 13.2. The van der Waals surface area contributed by atoms with E-state index in [1.807, 2.05) is 0 Å². The van der Waals surface area contributed by atoms with E-state index >= 15 is 0 Å². The number of rotatable bonds is 6. The molecule has 1 heterocycles. The number of benzene rings is 1. The number of hydrogen-bond donors (Lipinski definition) is 1. The molecular weight excluding hydrogens is 412 g/mol. The number of nitrogens with zero attached hydrogens (tertiary/aromatic N) is 1. The summed E-state index contributed by atoms with van der Waals surface area (Å²) in [6.07, 6.45) is 2.42. The monoisotopic (exact) mass is 454 g/mol. The van der Waals surface area contributed by atoms with Crippen molar-refractivity contribution in [3.8, 4) is 11.8 Å². The van der Waals surface area contributed by atoms with E-state index in [1.54, 1.807) is 0 Å². The quantitative estimate of drug-likeness (QED) is 0.482. The Kier molecular flexibility index (Phi) is 12.3. The standard InChI is InChI=1S/C23H38N2OSi.2H2S/c1-8-9-11-19-12-10-13-20(16-19)22(24-5)18-25-15-14-21(17-25)26-27(6,7)23(2,3)4;;/h10,12-13,16,21-22,24H,8,14-15,17-18H2,1-7H3;2*1H2/t21-,22-;;/m1../s1. The predicted molar refractivity (Wildman–Crippen MR) is 139 cm³/mol. The summed E-state index contributed by atoms with van der Waals surface area (Å²) in [4.78, 5) is 2.55. The SMILES string of the molecule is CCC#Cc1cccc([C@@H](CN2CC[C@@H](O[Si](C)(C)C(C)(C)C)C2)NC)c1.S.S. The fourth-order valence-corrected chi connectivity index (χ4v) is 4.68. The first kappa shape index (κ1) is 28.6. The third-order valence-electron chi connectivity index (χ3n) is 5.98. The smallest absolute Gasteiger partial charge is 0.192 e. The summed E-state index contributed by atoms with van der Waals surface area (Å²) in [6.45, 7) is 16.9. The molecular formula is C23H42N2OS2Si. The Morgan fingerprint density at radius 3 is 2.55 bits per heavy atom. The molecule has 1 aromatic carbocycles. The van der Waals surface area contributed by atoms with E-state index in [0.717, 1.165) is 38.0 Å². The summed E-state index contributed by atoms with van der Waals surface area (Å²) < 4.78 is 6.64. The average Bonchev–Trinajstić information content (AvgIpc) is 3.03. The number of hydrogen-bond acceptors (Lipinski definition) is 3. The summed E-state index contributed by atoms with van der Waals surface area (Å²) in [5.74, 6) is 6.42. The van der Waals surface area contributed by atoms with Crippen molar-refractivity contribution in [3.63, 3.8) is 0 Å². The molecule has 1 aliphatic heterocycles. The lowest BCUT2D eigenvalue weighted by Gasteiger charge is -2.38. The molecule has 0 spiro atoms. The maximum atomic E-state index is 6.64. The van der Waals surface area contributed by atoms with Crippen molar-refractivity contribution in [3.05, 3.63) is 35.4 Å². The van der Waals surface area contributed by atoms with Gasteiger partial charge in [-0.25, -0.2) is 0 Å². The van der Waals surface area contributed by atoms with Gasteiger partial charge < -0.3 is 9.74 Å². The zero-order valence-electron chi connectivity index (χ0n) is 19.4. The summed E-state index contributed by atoms with van der Waals surface area (Å²) in [7, 11) is 0.361. The van der Waals surface area contributed by atoms with Gasteiger partial charge in [-0.2, -0.15) is 27.0 Å². The van der Waals surface area contributed by atoms with E-state index in [2.05, 4.69) is 94.2 Å². The van der Waals surface area contributed by atoms with Crippen LogP contribution in [0.5, 0.6) is 0 Å². The molecule has 0 aromatic heterocycles. The highest BCUT2D eigenvalue weighted by atomic mass is 32.1. The third kappa shape index (κ3) is 8.32. The second-order valence-electron chi connectivity index (χ2n) is 9.17. The zero-order chi connectivity index (χ0) is 20.1. The molecule has 1 aromatic rings. The van der Waals surface area contributed by atoms with Crippen molar-refractivity contribution >= 4 is 35.3 Å². The molecule has 2 rings (SSSR count). The molecule has 3 nitrogen and oxygen atoms in total. The highest BCUT2D eigenvalue weighted by Gasteiger charge is 2.40. The second-order valence-corrected chi connectivity index (χ2v) is 13.9. The van der Waals surface area contributed by atoms with Gasteiger partial charge in [-0.05, 0) is 49.3 Å². The third-order valence-corrected chi connectivity index (χ3v) is 10.5. The van der Waals surface area contributed by atoms with E-state index in [0.29, 0.717) is 12.1 Å². The molecule has 29 heavy (non-hydrogen) atoms. The van der Waals surface area contributed by atoms with Crippen LogP contribution in [0.4, 0.5) is 0 Å². The zero-order valence-corrected chi connectivity index (χ0v) is 22.4. The molecule has 6 heteroatoms. The Labute approximate surface area is 194 Å². The average molecular weight is 455 g/mol. The van der Waals surface area contributed by atoms with E-state index in [-0.39, 0.29) is 32.0 Å². The molecule has 2 atom stereocenters. The maximum Gasteiger partial charge on any atom is 0.192 e. The molecule has 0 bridgehead atoms. The van der Waals surface area contributed by atoms with Gasteiger partial charge in [-0.15, -0.1) is 0 Å². The lowest BCUT2D eigenvalue weighted by atomic mass is 10.0. The lowest BCUT2D eigenvalue weighted by Crippen LogP contribution is -2.44. The van der Waals surface area contributed by atoms with Gasteiger partial charge in [0.2, 0.25) is 0 Å². The molecule has 0 radical (unpaired) electrons. The number of likely N-dealkylation sites (N-methyl/N-ethyl adjacent to an activating group) is 1. The summed E-state index contributed by atoms with van der Waals surface area (Å²) >= 11 is 0. The van der Waals surface area contributed by atoms with Crippen molar-refractivity contribution in [1.82, 2.24) is 10.2 Å². The van der Waals surface area contributed by atoms with E-state index in [1.165, 1.54) is 5.56 Å². The first-order chi connectivity index (χ1) is 12.7. The fraction of sp³-hybridized carbons (Fsp3) is 0.652. The van der Waals surface area contributed by atoms with Gasteiger partial charge in [0.25, 0.3) is 0 Å². The second kappa shape index (κ2) is 12.4. The molecule has 1 aliphatic rings. The normalized spacial score (nSPS) is 18.2. The Morgan fingerprint density at radius 1 is 1.28 bits per heavy atom. The van der Waals surface area contributed by atoms with Gasteiger partial charge in [0.05, 0.1) is 6.10 Å². The van der Waals surface area contributed by atoms with Crippen LogP contribution in [0.2, 0.25) is 18.1 Å². The fourth-order valence-electron chi connectivity index (χ4n) is 3.30. The molecule has 1 fully saturated rings. The van der Waals surface area contributed by atoms with Crippen LogP contribution in [-0.4, -0.2) is 46.0 Å². The summed E-state index contributed by atoms with van der Waals surface area (Å²) in [5.41, 5.74) is 2.42. The Hall–Kier alpha value is -0.423. The van der Waals surface area contributed by atoms with Crippen LogP contribution in [0.15, 0.2) is 24.3 Å². The highest BCUT2D eigenvalue weighted by molar-refractivity contribution is 7.59. The van der Waals surface area contributed by atoms with Crippen LogP contribution in [0.1, 0.15) is 57.7 Å². The Balaban J connectivity index is 0.00000392. The van der Waals surface area contributed by atoms with Crippen LogP contribution in [0, 0.1) is 11.8 Å². The van der Waals surface area contributed by atoms with Crippen molar-refractivity contribution < 1.29 is 4.43 Å². The van der Waals surface area contributed by atoms with Crippen molar-refractivity contribution in [2.45, 2.75) is 70.8 Å². The Morgan fingerprint density at radius 2 is 1.97 bits per heavy atom. The van der Waals surface area contributed by atoms with Crippen LogP contribution < -0.4 is 5.32 Å². The van der Waals surface area contributed by atoms with Crippen molar-refractivity contribution in [1.29, 1.82) is 0 Å². The minimum absolute atomic E-state index is 0. The molecule has 0 amide bonds. The van der Waals surface area contributed by atoms with Gasteiger partial charge in [-0.1, -0.05) is 51.7 Å². The molecule has 0 saturated carbocycles. The molecule has 166 valence electrons. The van der Waals surface area contributed by atoms with Crippen LogP contribution >= 0.6 is 27.0 Å². The topological polar surface area (TPSA) is 24.5 Å². The molecule has 1 N–H and O–H groups in total.